The van der Waals surface area contributed by atoms with E-state index < -0.39 is 21.3 Å². The fourth-order valence-electron chi connectivity index (χ4n) is 2.35. The topological polar surface area (TPSA) is 94.5 Å². The molecular formula is C18H31NaO5S. The Morgan fingerprint density at radius 3 is 1.96 bits per heavy atom. The standard InChI is InChI=1S/C18H32O5S.Na/c1-2-3-4-5-6-7-8-9-10-11-12-13-14-15-16-17(18(19)20)24(21,22)23;/h6-7,9-10,17H,2-5,8,11-16H2,1H3,(H,19,20)(H,21,22,23);/q;+1/p-1/b7-6-,10-9-;. The van der Waals surface area contributed by atoms with Gasteiger partial charge in [-0.15, -0.1) is 0 Å². The largest absolute Gasteiger partial charge is 1.00 e. The molecule has 5 nitrogen and oxygen atoms in total. The van der Waals surface area contributed by atoms with E-state index in [2.05, 4.69) is 31.2 Å². The Hall–Kier alpha value is -0.140. The molecule has 0 saturated heterocycles. The van der Waals surface area contributed by atoms with Gasteiger partial charge in [-0.25, -0.2) is 0 Å². The van der Waals surface area contributed by atoms with Crippen LogP contribution in [-0.4, -0.2) is 24.2 Å². The van der Waals surface area contributed by atoms with Gasteiger partial charge in [-0.2, -0.15) is 8.42 Å². The first-order valence-electron chi connectivity index (χ1n) is 8.86. The number of carboxylic acid groups (broad SMARTS) is 1. The number of unbranched alkanes of at least 4 members (excludes halogenated alkanes) is 7. The first-order chi connectivity index (χ1) is 11.4. The van der Waals surface area contributed by atoms with Crippen LogP contribution in [0, 0.1) is 0 Å². The molecule has 0 aliphatic rings. The molecule has 0 amide bonds. The molecule has 7 heteroatoms. The third-order valence-corrected chi connectivity index (χ3v) is 4.94. The van der Waals surface area contributed by atoms with Crippen molar-refractivity contribution < 1.29 is 52.4 Å². The third-order valence-electron chi connectivity index (χ3n) is 3.79. The number of hydrogen-bond donors (Lipinski definition) is 1. The summed E-state index contributed by atoms with van der Waals surface area (Å²) >= 11 is 0. The van der Waals surface area contributed by atoms with E-state index >= 15 is 0 Å². The van der Waals surface area contributed by atoms with E-state index in [9.17, 15) is 18.3 Å². The van der Waals surface area contributed by atoms with Gasteiger partial charge in [-0.3, -0.25) is 4.55 Å². The van der Waals surface area contributed by atoms with Gasteiger partial charge in [0.2, 0.25) is 0 Å². The van der Waals surface area contributed by atoms with E-state index in [0.717, 1.165) is 38.5 Å². The van der Waals surface area contributed by atoms with Gasteiger partial charge in [-0.1, -0.05) is 63.3 Å². The van der Waals surface area contributed by atoms with Crippen molar-refractivity contribution in [2.24, 2.45) is 0 Å². The second-order valence-electron chi connectivity index (χ2n) is 5.99. The molecule has 1 N–H and O–H groups in total. The molecule has 0 rings (SSSR count). The summed E-state index contributed by atoms with van der Waals surface area (Å²) < 4.78 is 30.5. The number of aliphatic carboxylic acids is 1. The number of carboxylic acids is 1. The molecule has 0 aromatic heterocycles. The molecule has 0 fully saturated rings. The zero-order valence-electron chi connectivity index (χ0n) is 15.7. The minimum atomic E-state index is -4.56. The monoisotopic (exact) mass is 382 g/mol. The van der Waals surface area contributed by atoms with Crippen LogP contribution < -0.4 is 34.7 Å². The first-order valence-corrected chi connectivity index (χ1v) is 10.4. The second-order valence-corrected chi connectivity index (χ2v) is 7.59. The van der Waals surface area contributed by atoms with Crippen LogP contribution in [0.25, 0.3) is 0 Å². The zero-order chi connectivity index (χ0) is 18.3. The van der Waals surface area contributed by atoms with Crippen molar-refractivity contribution in [1.29, 1.82) is 0 Å². The molecule has 0 spiro atoms. The smallest absolute Gasteiger partial charge is 0.549 e. The van der Waals surface area contributed by atoms with E-state index in [-0.39, 0.29) is 36.0 Å². The minimum absolute atomic E-state index is 0. The summed E-state index contributed by atoms with van der Waals surface area (Å²) in [6, 6.07) is 0. The quantitative estimate of drug-likeness (QED) is 0.192. The van der Waals surface area contributed by atoms with E-state index in [4.69, 9.17) is 4.55 Å². The van der Waals surface area contributed by atoms with Crippen molar-refractivity contribution in [3.05, 3.63) is 24.3 Å². The van der Waals surface area contributed by atoms with Crippen molar-refractivity contribution in [2.45, 2.75) is 82.8 Å². The molecule has 0 aliphatic carbocycles. The molecule has 1 unspecified atom stereocenters. The SMILES string of the molecule is CCCCC/C=C\C/C=C\CCCCCCC(C(=O)[O-])S(=O)(=O)O.[Na+]. The molecule has 0 aliphatic heterocycles. The van der Waals surface area contributed by atoms with Crippen molar-refractivity contribution in [1.82, 2.24) is 0 Å². The molecule has 0 bridgehead atoms. The molecular weight excluding hydrogens is 351 g/mol. The average Bonchev–Trinajstić information content (AvgIpc) is 2.49. The van der Waals surface area contributed by atoms with Gasteiger partial charge in [0, 0.05) is 0 Å². The first kappa shape index (κ1) is 27.1. The van der Waals surface area contributed by atoms with Gasteiger partial charge < -0.3 is 9.90 Å². The Morgan fingerprint density at radius 2 is 1.48 bits per heavy atom. The van der Waals surface area contributed by atoms with Crippen molar-refractivity contribution in [2.75, 3.05) is 0 Å². The van der Waals surface area contributed by atoms with Gasteiger partial charge in [-0.05, 0) is 38.5 Å². The maximum atomic E-state index is 10.9. The molecule has 140 valence electrons. The summed E-state index contributed by atoms with van der Waals surface area (Å²) in [4.78, 5) is 10.6. The Kier molecular flexibility index (Phi) is 18.7. The van der Waals surface area contributed by atoms with E-state index in [1.807, 2.05) is 0 Å². The maximum absolute atomic E-state index is 10.9. The number of carbonyl (C=O) groups is 1. The molecule has 25 heavy (non-hydrogen) atoms. The molecule has 0 radical (unpaired) electrons. The minimum Gasteiger partial charge on any atom is -0.549 e. The molecule has 0 aromatic rings. The van der Waals surface area contributed by atoms with Crippen LogP contribution in [0.5, 0.6) is 0 Å². The van der Waals surface area contributed by atoms with Crippen molar-refractivity contribution in [3.63, 3.8) is 0 Å². The fraction of sp³-hybridized carbons (Fsp3) is 0.722. The van der Waals surface area contributed by atoms with E-state index in [1.54, 1.807) is 0 Å². The molecule has 0 heterocycles. The summed E-state index contributed by atoms with van der Waals surface area (Å²) in [5, 5.41) is 8.84. The zero-order valence-corrected chi connectivity index (χ0v) is 18.5. The van der Waals surface area contributed by atoms with Crippen LogP contribution in [0.1, 0.15) is 77.6 Å². The fourth-order valence-corrected chi connectivity index (χ4v) is 3.06. The van der Waals surface area contributed by atoms with Crippen LogP contribution in [0.15, 0.2) is 24.3 Å². The van der Waals surface area contributed by atoms with Crippen LogP contribution in [0.4, 0.5) is 0 Å². The van der Waals surface area contributed by atoms with Crippen molar-refractivity contribution >= 4 is 16.1 Å². The summed E-state index contributed by atoms with van der Waals surface area (Å²) in [5.41, 5.74) is 0. The predicted octanol–water partition coefficient (Wildman–Crippen LogP) is 0.420. The van der Waals surface area contributed by atoms with Gasteiger partial charge in [0.15, 0.2) is 0 Å². The number of hydrogen-bond acceptors (Lipinski definition) is 4. The Labute approximate surface area is 175 Å². The van der Waals surface area contributed by atoms with Crippen molar-refractivity contribution in [3.8, 4) is 0 Å². The molecule has 0 saturated carbocycles. The van der Waals surface area contributed by atoms with Crippen LogP contribution >= 0.6 is 0 Å². The van der Waals surface area contributed by atoms with Gasteiger partial charge in [0.1, 0.15) is 5.25 Å². The molecule has 0 aromatic carbocycles. The summed E-state index contributed by atoms with van der Waals surface area (Å²) in [7, 11) is -4.56. The van der Waals surface area contributed by atoms with Gasteiger partial charge in [0.25, 0.3) is 10.1 Å². The number of carbonyl (C=O) groups excluding carboxylic acids is 1. The predicted molar refractivity (Wildman–Crippen MR) is 95.1 cm³/mol. The second kappa shape index (κ2) is 17.3. The average molecular weight is 382 g/mol. The van der Waals surface area contributed by atoms with Crippen LogP contribution in [0.3, 0.4) is 0 Å². The van der Waals surface area contributed by atoms with E-state index in [1.165, 1.54) is 19.3 Å². The van der Waals surface area contributed by atoms with Gasteiger partial charge in [0.05, 0.1) is 5.97 Å². The Bertz CT molecular complexity index is 486. The van der Waals surface area contributed by atoms with Crippen LogP contribution in [0.2, 0.25) is 0 Å². The summed E-state index contributed by atoms with van der Waals surface area (Å²) in [6.45, 7) is 2.20. The summed E-state index contributed by atoms with van der Waals surface area (Å²) in [6.07, 6.45) is 18.5. The normalized spacial score (nSPS) is 13.2. The number of allylic oxidation sites excluding steroid dienone is 4. The van der Waals surface area contributed by atoms with Crippen LogP contribution in [-0.2, 0) is 14.9 Å². The summed E-state index contributed by atoms with van der Waals surface area (Å²) in [5.74, 6) is -1.73. The van der Waals surface area contributed by atoms with E-state index in [0.29, 0.717) is 6.42 Å². The Balaban J connectivity index is 0. The van der Waals surface area contributed by atoms with Gasteiger partial charge >= 0.3 is 29.6 Å². The third kappa shape index (κ3) is 17.0. The maximum Gasteiger partial charge on any atom is 1.00 e. The molecule has 1 atom stereocenters. The number of rotatable bonds is 15. The Morgan fingerprint density at radius 1 is 0.960 bits per heavy atom.